The number of hydrogen-bond acceptors (Lipinski definition) is 0. The van der Waals surface area contributed by atoms with E-state index in [0.29, 0.717) is 15.0 Å². The fourth-order valence-electron chi connectivity index (χ4n) is 1.67. The molecule has 0 aliphatic heterocycles. The summed E-state index contributed by atoms with van der Waals surface area (Å²) in [6.45, 7) is 2.25. The first-order chi connectivity index (χ1) is 8.40. The molecule has 0 N–H and O–H groups in total. The van der Waals surface area contributed by atoms with Crippen molar-refractivity contribution in [2.75, 3.05) is 0 Å². The second-order valence-electron chi connectivity index (χ2n) is 3.72. The molecule has 0 aromatic heterocycles. The third-order valence-electron chi connectivity index (χ3n) is 2.46. The Hall–Kier alpha value is -1.30. The van der Waals surface area contributed by atoms with E-state index in [0.717, 1.165) is 0 Å². The summed E-state index contributed by atoms with van der Waals surface area (Å²) in [5.74, 6) is 0. The van der Waals surface area contributed by atoms with E-state index in [2.05, 4.69) is 73.7 Å². The summed E-state index contributed by atoms with van der Waals surface area (Å²) in [4.78, 5) is 0. The zero-order valence-corrected chi connectivity index (χ0v) is 11.7. The van der Waals surface area contributed by atoms with Crippen molar-refractivity contribution in [3.63, 3.8) is 0 Å². The second kappa shape index (κ2) is 6.44. The van der Waals surface area contributed by atoms with Crippen molar-refractivity contribution < 1.29 is 0 Å². The zero-order valence-electron chi connectivity index (χ0n) is 9.97. The molecular weight excluding hydrogens is 271 g/mol. The van der Waals surface area contributed by atoms with Crippen molar-refractivity contribution in [2.45, 2.75) is 12.2 Å². The molecule has 0 aliphatic rings. The van der Waals surface area contributed by atoms with Gasteiger partial charge in [-0.25, -0.2) is 0 Å². The molecule has 17 heavy (non-hydrogen) atoms. The molecule has 0 atom stereocenters. The van der Waals surface area contributed by atoms with Crippen LogP contribution in [0.25, 0.3) is 10.5 Å². The van der Waals surface area contributed by atoms with Gasteiger partial charge in [-0.2, -0.15) is 0 Å². The Morgan fingerprint density at radius 3 is 2.12 bits per heavy atom. The molecular formula is C16H16Se. The molecule has 0 aliphatic carbocycles. The van der Waals surface area contributed by atoms with E-state index in [1.807, 2.05) is 0 Å². The van der Waals surface area contributed by atoms with Crippen LogP contribution >= 0.6 is 0 Å². The molecule has 0 radical (unpaired) electrons. The fraction of sp³-hybridized carbons (Fsp3) is 0.125. The first-order valence-electron chi connectivity index (χ1n) is 5.85. The van der Waals surface area contributed by atoms with Gasteiger partial charge in [0.15, 0.2) is 0 Å². The molecule has 2 aromatic carbocycles. The summed E-state index contributed by atoms with van der Waals surface area (Å²) in [5, 5.41) is 1.24. The Labute approximate surface area is 110 Å². The van der Waals surface area contributed by atoms with Crippen LogP contribution in [0.15, 0.2) is 60.7 Å². The minimum atomic E-state index is 0.553. The molecule has 0 heterocycles. The summed E-state index contributed by atoms with van der Waals surface area (Å²) in [6.07, 6.45) is 2.32. The number of rotatable bonds is 4. The predicted molar refractivity (Wildman–Crippen MR) is 77.0 cm³/mol. The Kier molecular flexibility index (Phi) is 4.61. The van der Waals surface area contributed by atoms with Gasteiger partial charge in [0.2, 0.25) is 0 Å². The van der Waals surface area contributed by atoms with Gasteiger partial charge >= 0.3 is 110 Å². The molecule has 0 spiro atoms. The molecule has 0 fully saturated rings. The van der Waals surface area contributed by atoms with Crippen LogP contribution in [0.4, 0.5) is 0 Å². The molecule has 2 aromatic rings. The van der Waals surface area contributed by atoms with E-state index in [1.54, 1.807) is 0 Å². The van der Waals surface area contributed by atoms with Gasteiger partial charge < -0.3 is 0 Å². The summed E-state index contributed by atoms with van der Waals surface area (Å²) in [7, 11) is 0. The fourth-order valence-corrected chi connectivity index (χ4v) is 3.41. The van der Waals surface area contributed by atoms with Gasteiger partial charge in [-0.3, -0.25) is 0 Å². The van der Waals surface area contributed by atoms with Gasteiger partial charge in [-0.1, -0.05) is 0 Å². The molecule has 2 rings (SSSR count). The van der Waals surface area contributed by atoms with E-state index in [9.17, 15) is 0 Å². The van der Waals surface area contributed by atoms with Crippen LogP contribution in [0.1, 0.15) is 18.1 Å². The Morgan fingerprint density at radius 1 is 0.941 bits per heavy atom. The van der Waals surface area contributed by atoms with Gasteiger partial charge in [-0.05, 0) is 0 Å². The first-order valence-corrected chi connectivity index (χ1v) is 7.92. The normalized spacial score (nSPS) is 11.5. The van der Waals surface area contributed by atoms with Crippen molar-refractivity contribution in [3.05, 3.63) is 71.8 Å². The van der Waals surface area contributed by atoms with E-state index >= 15 is 0 Å². The number of hydrogen-bond donors (Lipinski definition) is 0. The van der Waals surface area contributed by atoms with Gasteiger partial charge in [0, 0.05) is 0 Å². The molecule has 86 valence electrons. The van der Waals surface area contributed by atoms with E-state index in [4.69, 9.17) is 0 Å². The van der Waals surface area contributed by atoms with Crippen LogP contribution in [0.3, 0.4) is 0 Å². The molecule has 1 heteroatoms. The van der Waals surface area contributed by atoms with Crippen LogP contribution < -0.4 is 0 Å². The first kappa shape index (κ1) is 12.2. The standard InChI is InChI=1S/C16H16Se/c1-2-17-16(15-11-7-4-8-12-15)13-14-9-5-3-6-10-14/h3-13H,2H2,1H3/b16-13-. The van der Waals surface area contributed by atoms with Crippen LogP contribution in [0.5, 0.6) is 0 Å². The Balaban J connectivity index is 2.33. The summed E-state index contributed by atoms with van der Waals surface area (Å²) in [5.41, 5.74) is 2.65. The van der Waals surface area contributed by atoms with Crippen molar-refractivity contribution in [3.8, 4) is 0 Å². The maximum absolute atomic E-state index is 2.32. The second-order valence-corrected chi connectivity index (χ2v) is 6.46. The summed E-state index contributed by atoms with van der Waals surface area (Å²) < 4.78 is 1.48. The molecule has 0 unspecified atom stereocenters. The number of benzene rings is 2. The third kappa shape index (κ3) is 3.59. The van der Waals surface area contributed by atoms with E-state index in [1.165, 1.54) is 20.9 Å². The molecule has 0 amide bonds. The van der Waals surface area contributed by atoms with Crippen LogP contribution in [-0.4, -0.2) is 15.0 Å². The monoisotopic (exact) mass is 288 g/mol. The molecule has 0 nitrogen and oxygen atoms in total. The van der Waals surface area contributed by atoms with Crippen LogP contribution in [-0.2, 0) is 0 Å². The van der Waals surface area contributed by atoms with Crippen molar-refractivity contribution >= 4 is 25.5 Å². The Bertz CT molecular complexity index is 471. The zero-order chi connectivity index (χ0) is 11.9. The van der Waals surface area contributed by atoms with E-state index < -0.39 is 0 Å². The molecule has 0 saturated heterocycles. The van der Waals surface area contributed by atoms with Crippen molar-refractivity contribution in [1.29, 1.82) is 0 Å². The summed E-state index contributed by atoms with van der Waals surface area (Å²) in [6, 6.07) is 21.3. The SMILES string of the molecule is CC[Se]/C(=C\c1ccccc1)c1ccccc1. The van der Waals surface area contributed by atoms with E-state index in [-0.39, 0.29) is 0 Å². The average Bonchev–Trinajstić information content (AvgIpc) is 2.40. The van der Waals surface area contributed by atoms with Gasteiger partial charge in [0.25, 0.3) is 0 Å². The molecule has 0 saturated carbocycles. The third-order valence-corrected chi connectivity index (χ3v) is 4.46. The average molecular weight is 287 g/mol. The topological polar surface area (TPSA) is 0 Å². The van der Waals surface area contributed by atoms with Gasteiger partial charge in [0.1, 0.15) is 0 Å². The van der Waals surface area contributed by atoms with Gasteiger partial charge in [0.05, 0.1) is 0 Å². The maximum atomic E-state index is 2.32. The van der Waals surface area contributed by atoms with Gasteiger partial charge in [-0.15, -0.1) is 0 Å². The Morgan fingerprint density at radius 2 is 1.53 bits per heavy atom. The van der Waals surface area contributed by atoms with Crippen molar-refractivity contribution in [2.24, 2.45) is 0 Å². The van der Waals surface area contributed by atoms with Crippen molar-refractivity contribution in [1.82, 2.24) is 0 Å². The van der Waals surface area contributed by atoms with Crippen LogP contribution in [0, 0.1) is 0 Å². The quantitative estimate of drug-likeness (QED) is 0.580. The summed E-state index contributed by atoms with van der Waals surface area (Å²) >= 11 is 0.553. The molecule has 0 bridgehead atoms. The predicted octanol–water partition coefficient (Wildman–Crippen LogP) is 4.33. The van der Waals surface area contributed by atoms with Crippen LogP contribution in [0.2, 0.25) is 5.32 Å². The minimum absolute atomic E-state index is 0.553.